The summed E-state index contributed by atoms with van der Waals surface area (Å²) in [5.74, 6) is 0. The van der Waals surface area contributed by atoms with Gasteiger partial charge in [-0.25, -0.2) is 0 Å². The summed E-state index contributed by atoms with van der Waals surface area (Å²) in [5.41, 5.74) is 8.98. The highest BCUT2D eigenvalue weighted by Gasteiger charge is 2.05. The maximum Gasteiger partial charge on any atom is 0.0471 e. The van der Waals surface area contributed by atoms with Gasteiger partial charge in [0.25, 0.3) is 0 Å². The molecule has 4 heteroatoms. The molecule has 0 aliphatic carbocycles. The number of hydrogen-bond donors (Lipinski definition) is 1. The third-order valence-corrected chi connectivity index (χ3v) is 3.53. The van der Waals surface area contributed by atoms with E-state index >= 15 is 0 Å². The molecule has 1 heterocycles. The van der Waals surface area contributed by atoms with Gasteiger partial charge in [0.15, 0.2) is 0 Å². The minimum atomic E-state index is 0.472. The van der Waals surface area contributed by atoms with Crippen molar-refractivity contribution in [3.63, 3.8) is 0 Å². The van der Waals surface area contributed by atoms with Gasteiger partial charge >= 0.3 is 0 Å². The monoisotopic (exact) mass is 275 g/mol. The molecule has 2 aromatic rings. The van der Waals surface area contributed by atoms with E-state index in [1.165, 1.54) is 5.56 Å². The summed E-state index contributed by atoms with van der Waals surface area (Å²) in [6.45, 7) is 1.40. The highest BCUT2D eigenvalue weighted by Crippen LogP contribution is 2.22. The molecule has 0 saturated carbocycles. The number of halogens is 1. The van der Waals surface area contributed by atoms with Crippen molar-refractivity contribution in [2.75, 3.05) is 18.5 Å². The molecule has 2 N–H and O–H groups in total. The van der Waals surface area contributed by atoms with Crippen LogP contribution in [0.2, 0.25) is 5.02 Å². The van der Waals surface area contributed by atoms with E-state index in [-0.39, 0.29) is 0 Å². The number of hydrogen-bond acceptors (Lipinski definition) is 3. The molecule has 0 unspecified atom stereocenters. The van der Waals surface area contributed by atoms with Gasteiger partial charge in [0.2, 0.25) is 0 Å². The Labute approximate surface area is 119 Å². The van der Waals surface area contributed by atoms with Crippen LogP contribution in [0, 0.1) is 0 Å². The minimum Gasteiger partial charge on any atom is -0.374 e. The van der Waals surface area contributed by atoms with Crippen LogP contribution in [0.1, 0.15) is 11.1 Å². The van der Waals surface area contributed by atoms with Crippen molar-refractivity contribution in [1.29, 1.82) is 0 Å². The minimum absolute atomic E-state index is 0.472. The number of likely N-dealkylation sites (N-methyl/N-ethyl adjacent to an activating group) is 1. The lowest BCUT2D eigenvalue weighted by Crippen LogP contribution is -2.20. The summed E-state index contributed by atoms with van der Waals surface area (Å²) in [6, 6.07) is 10.1. The number of anilines is 1. The summed E-state index contributed by atoms with van der Waals surface area (Å²) in [5, 5.41) is 0.732. The average molecular weight is 276 g/mol. The smallest absolute Gasteiger partial charge is 0.0471 e. The van der Waals surface area contributed by atoms with Crippen molar-refractivity contribution in [1.82, 2.24) is 4.98 Å². The molecule has 0 aliphatic rings. The van der Waals surface area contributed by atoms with Gasteiger partial charge in [0.05, 0.1) is 0 Å². The first-order chi connectivity index (χ1) is 9.20. The van der Waals surface area contributed by atoms with E-state index in [4.69, 9.17) is 17.3 Å². The largest absolute Gasteiger partial charge is 0.374 e. The first-order valence-electron chi connectivity index (χ1n) is 6.29. The molecule has 2 rings (SSSR count). The molecule has 0 radical (unpaired) electrons. The Morgan fingerprint density at radius 2 is 1.95 bits per heavy atom. The van der Waals surface area contributed by atoms with Crippen LogP contribution < -0.4 is 10.6 Å². The Morgan fingerprint density at radius 3 is 2.58 bits per heavy atom. The average Bonchev–Trinajstić information content (AvgIpc) is 2.45. The highest BCUT2D eigenvalue weighted by molar-refractivity contribution is 6.31. The lowest BCUT2D eigenvalue weighted by molar-refractivity contribution is 0.874. The number of nitrogens with two attached hydrogens (primary N) is 1. The number of rotatable bonds is 5. The van der Waals surface area contributed by atoms with Gasteiger partial charge in [-0.3, -0.25) is 4.98 Å². The second kappa shape index (κ2) is 6.55. The van der Waals surface area contributed by atoms with Gasteiger partial charge in [0.1, 0.15) is 0 Å². The fourth-order valence-corrected chi connectivity index (χ4v) is 2.17. The molecule has 100 valence electrons. The molecule has 0 amide bonds. The van der Waals surface area contributed by atoms with Crippen LogP contribution in [0.5, 0.6) is 0 Å². The van der Waals surface area contributed by atoms with Crippen LogP contribution in [0.4, 0.5) is 5.69 Å². The lowest BCUT2D eigenvalue weighted by atomic mass is 10.1. The predicted molar refractivity (Wildman–Crippen MR) is 80.6 cm³/mol. The van der Waals surface area contributed by atoms with Gasteiger partial charge in [-0.05, 0) is 41.8 Å². The molecule has 0 bridgehead atoms. The zero-order chi connectivity index (χ0) is 13.7. The summed E-state index contributed by atoms with van der Waals surface area (Å²) in [7, 11) is 2.06. The lowest BCUT2D eigenvalue weighted by Gasteiger charge is -2.20. The van der Waals surface area contributed by atoms with Crippen molar-refractivity contribution in [3.8, 4) is 0 Å². The SMILES string of the molecule is CN(CCc1ccncc1)c1ccc(CN)c(Cl)c1. The Kier molecular flexibility index (Phi) is 4.77. The Bertz CT molecular complexity index is 528. The molecular formula is C15H18ClN3. The first-order valence-corrected chi connectivity index (χ1v) is 6.67. The van der Waals surface area contributed by atoms with E-state index in [9.17, 15) is 0 Å². The van der Waals surface area contributed by atoms with Gasteiger partial charge < -0.3 is 10.6 Å². The van der Waals surface area contributed by atoms with Gasteiger partial charge in [-0.15, -0.1) is 0 Å². The maximum absolute atomic E-state index is 6.18. The van der Waals surface area contributed by atoms with E-state index in [0.29, 0.717) is 6.54 Å². The normalized spacial score (nSPS) is 10.5. The van der Waals surface area contributed by atoms with Crippen LogP contribution in [-0.4, -0.2) is 18.6 Å². The summed E-state index contributed by atoms with van der Waals surface area (Å²) < 4.78 is 0. The second-order valence-corrected chi connectivity index (χ2v) is 4.91. The van der Waals surface area contributed by atoms with Crippen molar-refractivity contribution < 1.29 is 0 Å². The van der Waals surface area contributed by atoms with Gasteiger partial charge in [0, 0.05) is 43.2 Å². The van der Waals surface area contributed by atoms with E-state index in [2.05, 4.69) is 23.0 Å². The molecule has 1 aromatic heterocycles. The highest BCUT2D eigenvalue weighted by atomic mass is 35.5. The molecule has 0 spiro atoms. The van der Waals surface area contributed by atoms with Crippen LogP contribution in [0.25, 0.3) is 0 Å². The van der Waals surface area contributed by atoms with Crippen molar-refractivity contribution in [3.05, 3.63) is 58.9 Å². The topological polar surface area (TPSA) is 42.2 Å². The molecule has 0 fully saturated rings. The van der Waals surface area contributed by atoms with Crippen molar-refractivity contribution in [2.45, 2.75) is 13.0 Å². The summed E-state index contributed by atoms with van der Waals surface area (Å²) in [6.07, 6.45) is 4.62. The van der Waals surface area contributed by atoms with E-state index in [1.54, 1.807) is 0 Å². The zero-order valence-corrected chi connectivity index (χ0v) is 11.8. The Morgan fingerprint density at radius 1 is 1.21 bits per heavy atom. The second-order valence-electron chi connectivity index (χ2n) is 4.51. The molecule has 19 heavy (non-hydrogen) atoms. The van der Waals surface area contributed by atoms with Crippen molar-refractivity contribution >= 4 is 17.3 Å². The van der Waals surface area contributed by atoms with Crippen molar-refractivity contribution in [2.24, 2.45) is 5.73 Å². The first kappa shape index (κ1) is 13.8. The molecule has 3 nitrogen and oxygen atoms in total. The van der Waals surface area contributed by atoms with Crippen LogP contribution in [0.3, 0.4) is 0 Å². The molecule has 0 saturated heterocycles. The van der Waals surface area contributed by atoms with E-state index in [1.807, 2.05) is 36.7 Å². The molecule has 0 atom stereocenters. The standard InChI is InChI=1S/C15H18ClN3/c1-19(9-6-12-4-7-18-8-5-12)14-3-2-13(11-17)15(16)10-14/h2-5,7-8,10H,6,9,11,17H2,1H3. The van der Waals surface area contributed by atoms with Crippen LogP contribution in [0.15, 0.2) is 42.7 Å². The number of nitrogens with zero attached hydrogens (tertiary/aromatic N) is 2. The quantitative estimate of drug-likeness (QED) is 0.912. The Hall–Kier alpha value is -1.58. The van der Waals surface area contributed by atoms with E-state index in [0.717, 1.165) is 29.2 Å². The molecular weight excluding hydrogens is 258 g/mol. The number of aromatic nitrogens is 1. The summed E-state index contributed by atoms with van der Waals surface area (Å²) >= 11 is 6.18. The number of benzene rings is 1. The fraction of sp³-hybridized carbons (Fsp3) is 0.267. The number of pyridine rings is 1. The molecule has 1 aromatic carbocycles. The van der Waals surface area contributed by atoms with Gasteiger partial charge in [-0.2, -0.15) is 0 Å². The Balaban J connectivity index is 2.00. The fourth-order valence-electron chi connectivity index (χ4n) is 1.91. The summed E-state index contributed by atoms with van der Waals surface area (Å²) in [4.78, 5) is 6.21. The zero-order valence-electron chi connectivity index (χ0n) is 11.0. The van der Waals surface area contributed by atoms with Crippen LogP contribution in [-0.2, 0) is 13.0 Å². The predicted octanol–water partition coefficient (Wildman–Crippen LogP) is 2.87. The third-order valence-electron chi connectivity index (χ3n) is 3.18. The third kappa shape index (κ3) is 3.69. The molecule has 0 aliphatic heterocycles. The maximum atomic E-state index is 6.18. The van der Waals surface area contributed by atoms with E-state index < -0.39 is 0 Å². The van der Waals surface area contributed by atoms with Crippen LogP contribution >= 0.6 is 11.6 Å². The van der Waals surface area contributed by atoms with Gasteiger partial charge in [-0.1, -0.05) is 17.7 Å².